The van der Waals surface area contributed by atoms with Gasteiger partial charge >= 0.3 is 0 Å². The summed E-state index contributed by atoms with van der Waals surface area (Å²) in [6.07, 6.45) is 0. The lowest BCUT2D eigenvalue weighted by atomic mass is 9.71. The van der Waals surface area contributed by atoms with E-state index in [4.69, 9.17) is 15.0 Å². The van der Waals surface area contributed by atoms with Crippen molar-refractivity contribution in [3.05, 3.63) is 217 Å². The van der Waals surface area contributed by atoms with Crippen LogP contribution < -0.4 is 0 Å². The smallest absolute Gasteiger partial charge is 0.163 e. The monoisotopic (exact) mass is 744 g/mol. The summed E-state index contributed by atoms with van der Waals surface area (Å²) in [4.78, 5) is 16.4. The van der Waals surface area contributed by atoms with Crippen LogP contribution in [0.1, 0.15) is 22.5 Å². The van der Waals surface area contributed by atoms with Crippen molar-refractivity contribution in [2.45, 2.75) is 5.41 Å². The van der Waals surface area contributed by atoms with Crippen LogP contribution in [-0.2, 0) is 5.41 Å². The number of aromatic nitrogens is 4. The molecule has 12 rings (SSSR count). The summed E-state index contributed by atoms with van der Waals surface area (Å²) in [5.41, 5.74) is 10.3. The highest BCUT2D eigenvalue weighted by Gasteiger charge is 2.49. The van der Waals surface area contributed by atoms with Gasteiger partial charge in [0.05, 0.1) is 11.0 Å². The molecule has 4 nitrogen and oxygen atoms in total. The maximum atomic E-state index is 5.59. The summed E-state index contributed by atoms with van der Waals surface area (Å²) in [6.45, 7) is 0. The van der Waals surface area contributed by atoms with Crippen molar-refractivity contribution in [3.63, 3.8) is 0 Å². The van der Waals surface area contributed by atoms with E-state index in [0.29, 0.717) is 17.5 Å². The Labute approximate surface area is 333 Å². The van der Waals surface area contributed by atoms with Crippen LogP contribution in [0.3, 0.4) is 0 Å². The third kappa shape index (κ3) is 4.70. The molecule has 57 heavy (non-hydrogen) atoms. The molecule has 0 fully saturated rings. The van der Waals surface area contributed by atoms with Gasteiger partial charge in [0.25, 0.3) is 0 Å². The van der Waals surface area contributed by atoms with Crippen molar-refractivity contribution < 1.29 is 0 Å². The predicted octanol–water partition coefficient (Wildman–Crippen LogP) is 13.0. The van der Waals surface area contributed by atoms with E-state index in [1.807, 2.05) is 29.5 Å². The molecule has 11 aromatic rings. The number of thiophene rings is 1. The number of hydrogen-bond donors (Lipinski definition) is 0. The molecule has 3 heterocycles. The molecule has 0 N–H and O–H groups in total. The lowest BCUT2D eigenvalue weighted by Crippen LogP contribution is -2.31. The lowest BCUT2D eigenvalue weighted by molar-refractivity contribution is 0.693. The minimum Gasteiger partial charge on any atom is -0.309 e. The first-order valence-electron chi connectivity index (χ1n) is 19.3. The van der Waals surface area contributed by atoms with Crippen LogP contribution in [0.25, 0.3) is 81.6 Å². The van der Waals surface area contributed by atoms with E-state index < -0.39 is 5.41 Å². The van der Waals surface area contributed by atoms with E-state index in [0.717, 1.165) is 39.0 Å². The summed E-state index contributed by atoms with van der Waals surface area (Å²) in [7, 11) is 0. The fourth-order valence-corrected chi connectivity index (χ4v) is 10.4. The average Bonchev–Trinajstić information content (AvgIpc) is 3.93. The molecule has 266 valence electrons. The average molecular weight is 745 g/mol. The molecule has 1 aliphatic rings. The number of benzene rings is 8. The molecule has 5 heteroatoms. The van der Waals surface area contributed by atoms with Crippen LogP contribution in [-0.4, -0.2) is 19.5 Å². The van der Waals surface area contributed by atoms with E-state index in [1.165, 1.54) is 47.6 Å². The van der Waals surface area contributed by atoms with Crippen LogP contribution in [0.15, 0.2) is 194 Å². The van der Waals surface area contributed by atoms with Gasteiger partial charge in [0.15, 0.2) is 17.5 Å². The van der Waals surface area contributed by atoms with Crippen molar-refractivity contribution in [2.24, 2.45) is 0 Å². The molecule has 0 saturated carbocycles. The molecule has 0 bridgehead atoms. The van der Waals surface area contributed by atoms with Gasteiger partial charge in [-0.05, 0) is 70.3 Å². The van der Waals surface area contributed by atoms with Crippen molar-refractivity contribution in [2.75, 3.05) is 0 Å². The highest BCUT2D eigenvalue weighted by Crippen LogP contribution is 2.56. The second-order valence-corrected chi connectivity index (χ2v) is 15.8. The summed E-state index contributed by atoms with van der Waals surface area (Å²) < 4.78 is 4.85. The van der Waals surface area contributed by atoms with E-state index in [2.05, 4.69) is 180 Å². The van der Waals surface area contributed by atoms with Crippen LogP contribution in [0, 0.1) is 0 Å². The second kappa shape index (κ2) is 12.4. The Kier molecular flexibility index (Phi) is 6.98. The Hall–Kier alpha value is -7.21. The van der Waals surface area contributed by atoms with E-state index >= 15 is 0 Å². The van der Waals surface area contributed by atoms with Gasteiger partial charge in [-0.1, -0.05) is 152 Å². The van der Waals surface area contributed by atoms with Crippen LogP contribution >= 0.6 is 11.3 Å². The SMILES string of the molecule is c1ccc(-c2nc(-c3ccc4c(c3)sc3ccccc34)nc(C3(c4ccc5c(c4)c4ccccc4n5-c4ccccc4)c4ccccc4-c4ccccc43)n2)cc1. The summed E-state index contributed by atoms with van der Waals surface area (Å²) in [6, 6.07) is 69.5. The normalized spacial score (nSPS) is 13.1. The first kappa shape index (κ1) is 32.1. The first-order chi connectivity index (χ1) is 28.3. The summed E-state index contributed by atoms with van der Waals surface area (Å²) in [5.74, 6) is 2.00. The molecule has 1 aliphatic carbocycles. The van der Waals surface area contributed by atoms with Gasteiger partial charge in [-0.2, -0.15) is 0 Å². The zero-order valence-corrected chi connectivity index (χ0v) is 31.5. The Morgan fingerprint density at radius 2 is 1.00 bits per heavy atom. The Bertz CT molecular complexity index is 3320. The minimum absolute atomic E-state index is 0.648. The van der Waals surface area contributed by atoms with Gasteiger partial charge in [0.1, 0.15) is 5.41 Å². The topological polar surface area (TPSA) is 43.6 Å². The number of rotatable bonds is 5. The number of hydrogen-bond acceptors (Lipinski definition) is 4. The standard InChI is InChI=1S/C52H32N4S/c1-3-15-33(16-4-1)49-53-50(34-27-29-41-40-22-10-14-26-47(40)57-48(41)31-34)55-51(54-49)52(43-23-11-7-19-37(43)38-20-8-12-24-44(38)52)35-28-30-46-42(32-35)39-21-9-13-25-45(39)56(46)36-17-5-2-6-18-36/h1-32H. The second-order valence-electron chi connectivity index (χ2n) is 14.7. The molecule has 0 spiro atoms. The van der Waals surface area contributed by atoms with Crippen molar-refractivity contribution in [1.82, 2.24) is 19.5 Å². The third-order valence-electron chi connectivity index (χ3n) is 11.7. The van der Waals surface area contributed by atoms with Crippen LogP contribution in [0.4, 0.5) is 0 Å². The summed E-state index contributed by atoms with van der Waals surface area (Å²) >= 11 is 1.81. The molecule has 3 aromatic heterocycles. The van der Waals surface area contributed by atoms with Gasteiger partial charge < -0.3 is 4.57 Å². The van der Waals surface area contributed by atoms with E-state index in [9.17, 15) is 0 Å². The predicted molar refractivity (Wildman–Crippen MR) is 235 cm³/mol. The molecular formula is C52H32N4S. The van der Waals surface area contributed by atoms with Crippen LogP contribution in [0.2, 0.25) is 0 Å². The van der Waals surface area contributed by atoms with Crippen molar-refractivity contribution in [3.8, 4) is 39.6 Å². The number of para-hydroxylation sites is 2. The van der Waals surface area contributed by atoms with Gasteiger partial charge in [0, 0.05) is 47.8 Å². The van der Waals surface area contributed by atoms with Gasteiger partial charge in [-0.15, -0.1) is 11.3 Å². The third-order valence-corrected chi connectivity index (χ3v) is 12.8. The first-order valence-corrected chi connectivity index (χ1v) is 20.1. The fourth-order valence-electron chi connectivity index (χ4n) is 9.23. The molecular weight excluding hydrogens is 713 g/mol. The molecule has 0 aliphatic heterocycles. The van der Waals surface area contributed by atoms with E-state index in [-0.39, 0.29) is 0 Å². The molecule has 8 aromatic carbocycles. The highest BCUT2D eigenvalue weighted by atomic mass is 32.1. The number of fused-ring (bicyclic) bond motifs is 9. The lowest BCUT2D eigenvalue weighted by Gasteiger charge is -2.32. The number of nitrogens with zero attached hydrogens (tertiary/aromatic N) is 4. The molecule has 0 amide bonds. The summed E-state index contributed by atoms with van der Waals surface area (Å²) in [5, 5.41) is 4.90. The molecule has 0 atom stereocenters. The quantitative estimate of drug-likeness (QED) is 0.176. The largest absolute Gasteiger partial charge is 0.309 e. The minimum atomic E-state index is -0.847. The van der Waals surface area contributed by atoms with Gasteiger partial charge in [-0.25, -0.2) is 15.0 Å². The van der Waals surface area contributed by atoms with Gasteiger partial charge in [-0.3, -0.25) is 0 Å². The molecule has 0 saturated heterocycles. The van der Waals surface area contributed by atoms with Crippen molar-refractivity contribution in [1.29, 1.82) is 0 Å². The molecule has 0 unspecified atom stereocenters. The molecule has 0 radical (unpaired) electrons. The van der Waals surface area contributed by atoms with Crippen LogP contribution in [0.5, 0.6) is 0 Å². The van der Waals surface area contributed by atoms with Gasteiger partial charge in [0.2, 0.25) is 0 Å². The zero-order chi connectivity index (χ0) is 37.5. The highest BCUT2D eigenvalue weighted by molar-refractivity contribution is 7.25. The van der Waals surface area contributed by atoms with Crippen molar-refractivity contribution >= 4 is 53.3 Å². The Balaban J connectivity index is 1.18. The maximum absolute atomic E-state index is 5.59. The maximum Gasteiger partial charge on any atom is 0.163 e. The zero-order valence-electron chi connectivity index (χ0n) is 30.7. The van der Waals surface area contributed by atoms with E-state index in [1.54, 1.807) is 0 Å². The Morgan fingerprint density at radius 1 is 0.404 bits per heavy atom. The fraction of sp³-hybridized carbons (Fsp3) is 0.0192. The Morgan fingerprint density at radius 3 is 1.77 bits per heavy atom.